The molecule has 0 saturated heterocycles. The van der Waals surface area contributed by atoms with Crippen molar-refractivity contribution in [3.05, 3.63) is 378 Å². The molecular weight excluding hydrogens is 1720 g/mol. The van der Waals surface area contributed by atoms with Crippen LogP contribution in [0.4, 0.5) is 0 Å². The average Bonchev–Trinajstić information content (AvgIpc) is 1.50. The highest BCUT2D eigenvalue weighted by molar-refractivity contribution is 5.99. The Morgan fingerprint density at radius 2 is 0.590 bits per heavy atom. The maximum Gasteiger partial charge on any atom is 0.293 e. The first-order valence-corrected chi connectivity index (χ1v) is 41.2. The molecule has 5 aromatic carbocycles. The van der Waals surface area contributed by atoms with E-state index in [2.05, 4.69) is 19.9 Å². The molecule has 7 N–H and O–H groups in total. The fraction of sp³-hybridized carbons (Fsp3) is 0.120. The number of aromatic nitrogens is 14. The lowest BCUT2D eigenvalue weighted by Gasteiger charge is -2.15. The first kappa shape index (κ1) is 90.5. The number of aryl methyl sites for hydroxylation is 10. The van der Waals surface area contributed by atoms with Crippen molar-refractivity contribution in [3.63, 3.8) is 0 Å². The SMILES string of the molecule is COc1cccc(Oc2c(-c3cn(C)c(=O)c4[nH]ccc34)ccn(C)c2=O)c1.COc1ccccc1Oc1c(-c2cn(C)c(=O)c3[nH]ccc23)ccn(C)c1=O.Cn1cc(-c2cc(=O)n(C)cc2Oc2cccc(O)c2)ccc1=O.Cn1ccc(-c2cn(C)c(=O)c3[nH]ccc23)c(Oc2cccc(O)c2)c1=O.Cn1ccc(-c2cn(C)c(=O)c3[nH]ccc23)c(Oc2ccccc2O)c1=O. The Morgan fingerprint density at radius 3 is 0.970 bits per heavy atom. The molecule has 0 aliphatic carbocycles. The summed E-state index contributed by atoms with van der Waals surface area (Å²) < 4.78 is 54.6. The molecular formula is C100H88N14O20. The number of phenolic OH excluding ortho intramolecular Hbond substituents is 3. The zero-order valence-electron chi connectivity index (χ0n) is 74.2. The molecule has 678 valence electrons. The number of fused-ring (bicyclic) bond motifs is 4. The number of rotatable bonds is 17. The molecule has 14 heterocycles. The zero-order chi connectivity index (χ0) is 95.2. The molecule has 0 amide bonds. The van der Waals surface area contributed by atoms with E-state index in [4.69, 9.17) is 33.2 Å². The van der Waals surface area contributed by atoms with Crippen LogP contribution in [0.1, 0.15) is 0 Å². The van der Waals surface area contributed by atoms with Gasteiger partial charge in [-0.05, 0) is 115 Å². The van der Waals surface area contributed by atoms with Crippen molar-refractivity contribution in [2.75, 3.05) is 14.2 Å². The minimum atomic E-state index is -0.353. The van der Waals surface area contributed by atoms with Gasteiger partial charge in [0.2, 0.25) is 17.1 Å². The minimum absolute atomic E-state index is 0.0388. The van der Waals surface area contributed by atoms with Gasteiger partial charge in [0.25, 0.3) is 50.0 Å². The smallest absolute Gasteiger partial charge is 0.293 e. The monoisotopic (exact) mass is 1800 g/mol. The van der Waals surface area contributed by atoms with Gasteiger partial charge in [-0.25, -0.2) is 0 Å². The molecule has 34 nitrogen and oxygen atoms in total. The molecule has 0 aliphatic rings. The van der Waals surface area contributed by atoms with Gasteiger partial charge >= 0.3 is 0 Å². The Kier molecular flexibility index (Phi) is 25.9. The van der Waals surface area contributed by atoms with Crippen molar-refractivity contribution in [3.8, 4) is 142 Å². The number of phenols is 3. The number of nitrogens with one attached hydrogen (secondary N) is 4. The summed E-state index contributed by atoms with van der Waals surface area (Å²) in [7, 11) is 19.6. The number of nitrogens with zero attached hydrogens (tertiary/aromatic N) is 10. The van der Waals surface area contributed by atoms with E-state index in [-0.39, 0.29) is 102 Å². The lowest BCUT2D eigenvalue weighted by Crippen LogP contribution is -2.19. The van der Waals surface area contributed by atoms with Gasteiger partial charge in [-0.15, -0.1) is 0 Å². The Bertz CT molecular complexity index is 8430. The number of ether oxygens (including phenoxy) is 7. The van der Waals surface area contributed by atoms with E-state index in [1.165, 1.54) is 82.1 Å². The number of H-pyrrole nitrogens is 4. The van der Waals surface area contributed by atoms with Gasteiger partial charge in [-0.1, -0.05) is 42.5 Å². The van der Waals surface area contributed by atoms with Crippen LogP contribution in [0.25, 0.3) is 99.2 Å². The third-order valence-electron chi connectivity index (χ3n) is 21.9. The van der Waals surface area contributed by atoms with E-state index >= 15 is 0 Å². The molecule has 0 fully saturated rings. The van der Waals surface area contributed by atoms with Crippen molar-refractivity contribution in [1.82, 2.24) is 65.6 Å². The van der Waals surface area contributed by atoms with Gasteiger partial charge in [0.15, 0.2) is 40.2 Å². The Morgan fingerprint density at radius 1 is 0.246 bits per heavy atom. The van der Waals surface area contributed by atoms with Crippen molar-refractivity contribution in [2.45, 2.75) is 0 Å². The topological polar surface area (TPSA) is 408 Å². The quantitative estimate of drug-likeness (QED) is 0.0445. The molecule has 19 aromatic rings. The van der Waals surface area contributed by atoms with Gasteiger partial charge in [-0.2, -0.15) is 0 Å². The molecule has 34 heteroatoms. The van der Waals surface area contributed by atoms with Crippen molar-refractivity contribution in [2.24, 2.45) is 70.5 Å². The predicted molar refractivity (Wildman–Crippen MR) is 510 cm³/mol. The number of benzene rings is 5. The predicted octanol–water partition coefficient (Wildman–Crippen LogP) is 13.8. The first-order valence-electron chi connectivity index (χ1n) is 41.2. The maximum atomic E-state index is 12.9. The molecule has 0 bridgehead atoms. The highest BCUT2D eigenvalue weighted by Gasteiger charge is 2.25. The van der Waals surface area contributed by atoms with E-state index in [1.54, 1.807) is 293 Å². The molecule has 0 radical (unpaired) electrons. The van der Waals surface area contributed by atoms with Crippen LogP contribution in [0, 0.1) is 0 Å². The summed E-state index contributed by atoms with van der Waals surface area (Å²) in [6, 6.07) is 52.2. The Labute approximate surface area is 758 Å². The molecule has 14 aromatic heterocycles. The van der Waals surface area contributed by atoms with Crippen LogP contribution in [0.2, 0.25) is 0 Å². The number of pyridine rings is 10. The molecule has 19 rings (SSSR count). The van der Waals surface area contributed by atoms with Crippen LogP contribution in [0.15, 0.2) is 323 Å². The molecule has 0 aliphatic heterocycles. The fourth-order valence-corrected chi connectivity index (χ4v) is 14.9. The normalized spacial score (nSPS) is 10.9. The first-order chi connectivity index (χ1) is 64.4. The summed E-state index contributed by atoms with van der Waals surface area (Å²) in [5.74, 6) is 4.06. The molecule has 0 spiro atoms. The summed E-state index contributed by atoms with van der Waals surface area (Å²) in [6.45, 7) is 0. The zero-order valence-corrected chi connectivity index (χ0v) is 74.2. The standard InChI is InChI=1S/2C21H19N3O4.2C20H17N3O4.C18H16N2O4/c1-23-10-8-16(17-12-24(2)20(25)18-15(17)7-9-22-18)19(21(23)26)28-14-6-4-5-13(11-14)27-3;1-23-11-9-14(15-12-24(2)20(25)18-13(15)8-10-22-18)19(21(23)26)28-17-7-5-4-6-16(17)27-3;1-22-9-7-15(16-11-23(2)19(25)17-14(16)6-8-21-17)18(20(22)26)27-13-5-3-4-12(24)10-13;1-22-10-8-13(14-11-23(2)19(25)17-12(14)7-9-21-17)18(20(22)26)27-16-6-4-3-5-15(16)24;1-19-10-12(6-7-17(19)22)15-9-18(23)20(2)11-16(15)24-14-5-3-4-13(21)8-14/h2*4-12,22H,1-3H3;2*3-11,21,24H,1-2H3;3-11,21H,1-2H3. The Hall–Kier alpha value is -18.2. The lowest BCUT2D eigenvalue weighted by atomic mass is 10.0. The second-order valence-electron chi connectivity index (χ2n) is 31.0. The third-order valence-corrected chi connectivity index (χ3v) is 21.9. The van der Waals surface area contributed by atoms with Gasteiger partial charge in [0.05, 0.1) is 20.4 Å². The third kappa shape index (κ3) is 18.6. The van der Waals surface area contributed by atoms with Gasteiger partial charge in [0.1, 0.15) is 56.6 Å². The summed E-state index contributed by atoms with van der Waals surface area (Å²) in [5.41, 5.74) is 6.05. The molecule has 0 saturated carbocycles. The van der Waals surface area contributed by atoms with E-state index in [0.717, 1.165) is 21.9 Å². The van der Waals surface area contributed by atoms with Gasteiger partial charge < -0.3 is 114 Å². The lowest BCUT2D eigenvalue weighted by molar-refractivity contribution is 0.377. The van der Waals surface area contributed by atoms with Crippen molar-refractivity contribution < 1.29 is 48.5 Å². The van der Waals surface area contributed by atoms with Crippen LogP contribution in [-0.2, 0) is 70.5 Å². The number of methoxy groups -OCH3 is 2. The second-order valence-corrected chi connectivity index (χ2v) is 31.0. The van der Waals surface area contributed by atoms with E-state index in [0.29, 0.717) is 118 Å². The van der Waals surface area contributed by atoms with Crippen LogP contribution >= 0.6 is 0 Å². The molecule has 134 heavy (non-hydrogen) atoms. The highest BCUT2D eigenvalue weighted by atomic mass is 16.5. The highest BCUT2D eigenvalue weighted by Crippen LogP contribution is 2.42. The summed E-state index contributed by atoms with van der Waals surface area (Å²) in [4.78, 5) is 136. The molecule has 0 atom stereocenters. The number of aromatic hydroxyl groups is 3. The maximum absolute atomic E-state index is 12.9. The number of hydrogen-bond donors (Lipinski definition) is 7. The summed E-state index contributed by atoms with van der Waals surface area (Å²) >= 11 is 0. The summed E-state index contributed by atoms with van der Waals surface area (Å²) in [6.07, 6.45) is 23.4. The van der Waals surface area contributed by atoms with Gasteiger partial charge in [-0.3, -0.25) is 47.9 Å². The number of hydrogen-bond acceptors (Lipinski definition) is 20. The van der Waals surface area contributed by atoms with Gasteiger partial charge in [0, 0.05) is 259 Å². The van der Waals surface area contributed by atoms with Crippen LogP contribution in [-0.4, -0.2) is 95.1 Å². The van der Waals surface area contributed by atoms with Crippen LogP contribution in [0.3, 0.4) is 0 Å². The molecule has 0 unspecified atom stereocenters. The number of para-hydroxylation sites is 4. The average molecular weight is 1810 g/mol. The van der Waals surface area contributed by atoms with Crippen LogP contribution < -0.4 is 88.8 Å². The van der Waals surface area contributed by atoms with Crippen molar-refractivity contribution in [1.29, 1.82) is 0 Å². The minimum Gasteiger partial charge on any atom is -0.508 e. The number of aromatic amines is 4. The van der Waals surface area contributed by atoms with Crippen LogP contribution in [0.5, 0.6) is 86.2 Å². The second kappa shape index (κ2) is 38.4. The summed E-state index contributed by atoms with van der Waals surface area (Å²) in [5, 5.41) is 32.1. The van der Waals surface area contributed by atoms with E-state index in [1.807, 2.05) is 30.3 Å². The van der Waals surface area contributed by atoms with Crippen molar-refractivity contribution >= 4 is 43.6 Å². The van der Waals surface area contributed by atoms with E-state index < -0.39 is 0 Å². The van der Waals surface area contributed by atoms with E-state index in [9.17, 15) is 63.3 Å². The largest absolute Gasteiger partial charge is 0.508 e. The fourth-order valence-electron chi connectivity index (χ4n) is 14.9. The Balaban J connectivity index is 0.000000128.